The molecule has 0 saturated carbocycles. The summed E-state index contributed by atoms with van der Waals surface area (Å²) in [5, 5.41) is 0. The second-order valence-corrected chi connectivity index (χ2v) is 5.03. The molecule has 1 atom stereocenters. The van der Waals surface area contributed by atoms with E-state index in [9.17, 15) is 9.18 Å². The van der Waals surface area contributed by atoms with Crippen molar-refractivity contribution < 1.29 is 9.18 Å². The summed E-state index contributed by atoms with van der Waals surface area (Å²) in [5.41, 5.74) is 5.96. The van der Waals surface area contributed by atoms with Crippen LogP contribution in [-0.2, 0) is 4.79 Å². The molecule has 2 heterocycles. The van der Waals surface area contributed by atoms with Gasteiger partial charge in [0, 0.05) is 31.6 Å². The van der Waals surface area contributed by atoms with Crippen molar-refractivity contribution in [2.24, 2.45) is 11.1 Å². The summed E-state index contributed by atoms with van der Waals surface area (Å²) in [6.45, 7) is 8.14. The Bertz CT molecular complexity index is 323. The molecule has 0 radical (unpaired) electrons. The molecule has 0 aromatic carbocycles. The first kappa shape index (κ1) is 11.5. The van der Waals surface area contributed by atoms with Crippen LogP contribution < -0.4 is 5.73 Å². The minimum absolute atomic E-state index is 0.0558. The maximum Gasteiger partial charge on any atom is 0.282 e. The van der Waals surface area contributed by atoms with Crippen LogP contribution >= 0.6 is 0 Å². The van der Waals surface area contributed by atoms with Crippen LogP contribution in [0.25, 0.3) is 0 Å². The Morgan fingerprint density at radius 2 is 2.12 bits per heavy atom. The average Bonchev–Trinajstić information content (AvgIpc) is 2.58. The molecule has 1 spiro atoms. The Labute approximate surface area is 94.9 Å². The van der Waals surface area contributed by atoms with Crippen molar-refractivity contribution >= 4 is 5.91 Å². The first-order valence-corrected chi connectivity index (χ1v) is 5.57. The number of hydrogen-bond donors (Lipinski definition) is 1. The van der Waals surface area contributed by atoms with Gasteiger partial charge < -0.3 is 10.6 Å². The predicted octanol–water partition coefficient (Wildman–Crippen LogP) is 0.309. The Morgan fingerprint density at radius 3 is 2.56 bits per heavy atom. The van der Waals surface area contributed by atoms with Crippen LogP contribution in [0.2, 0.25) is 0 Å². The zero-order valence-electron chi connectivity index (χ0n) is 9.58. The summed E-state index contributed by atoms with van der Waals surface area (Å²) in [6.07, 6.45) is 1.09. The van der Waals surface area contributed by atoms with E-state index in [1.807, 2.05) is 6.92 Å². The van der Waals surface area contributed by atoms with Gasteiger partial charge in [0.15, 0.2) is 5.83 Å². The van der Waals surface area contributed by atoms with Crippen molar-refractivity contribution in [1.29, 1.82) is 0 Å². The number of halogens is 1. The van der Waals surface area contributed by atoms with Gasteiger partial charge in [-0.3, -0.25) is 9.69 Å². The predicted molar refractivity (Wildman–Crippen MR) is 59.1 cm³/mol. The minimum atomic E-state index is -0.864. The van der Waals surface area contributed by atoms with Crippen LogP contribution in [0.5, 0.6) is 0 Å². The molecule has 90 valence electrons. The Kier molecular flexibility index (Phi) is 2.75. The highest BCUT2D eigenvalue weighted by Gasteiger charge is 2.49. The maximum atomic E-state index is 12.6. The highest BCUT2D eigenvalue weighted by atomic mass is 19.1. The second-order valence-electron chi connectivity index (χ2n) is 5.03. The van der Waals surface area contributed by atoms with Crippen LogP contribution in [0.4, 0.5) is 4.39 Å². The number of carbonyl (C=O) groups is 1. The third-order valence-corrected chi connectivity index (χ3v) is 3.62. The van der Waals surface area contributed by atoms with Gasteiger partial charge in [-0.1, -0.05) is 6.58 Å². The fourth-order valence-corrected chi connectivity index (χ4v) is 2.65. The zero-order valence-corrected chi connectivity index (χ0v) is 9.58. The standard InChI is InChI=1S/C11H18FN3O/c1-8(12)10(16)15-6-11(7-15)3-4-14(5-11)9(2)13/h9H,1,3-7,13H2,2H3/t9-/m1/s1. The molecule has 16 heavy (non-hydrogen) atoms. The largest absolute Gasteiger partial charge is 0.335 e. The molecule has 5 heteroatoms. The molecule has 1 amide bonds. The van der Waals surface area contributed by atoms with Crippen LogP contribution in [0.15, 0.2) is 12.4 Å². The molecule has 0 bridgehead atoms. The van der Waals surface area contributed by atoms with E-state index in [0.717, 1.165) is 19.5 Å². The van der Waals surface area contributed by atoms with Gasteiger partial charge >= 0.3 is 0 Å². The lowest BCUT2D eigenvalue weighted by molar-refractivity contribution is -0.140. The smallest absolute Gasteiger partial charge is 0.282 e. The minimum Gasteiger partial charge on any atom is -0.335 e. The first-order valence-electron chi connectivity index (χ1n) is 5.57. The van der Waals surface area contributed by atoms with E-state index in [1.165, 1.54) is 4.90 Å². The fourth-order valence-electron chi connectivity index (χ4n) is 2.65. The summed E-state index contributed by atoms with van der Waals surface area (Å²) in [5.74, 6) is -1.43. The molecule has 4 nitrogen and oxygen atoms in total. The normalized spacial score (nSPS) is 25.6. The van der Waals surface area contributed by atoms with Gasteiger partial charge in [0.25, 0.3) is 5.91 Å². The monoisotopic (exact) mass is 227 g/mol. The van der Waals surface area contributed by atoms with E-state index in [4.69, 9.17) is 5.73 Å². The van der Waals surface area contributed by atoms with E-state index in [-0.39, 0.29) is 11.6 Å². The highest BCUT2D eigenvalue weighted by molar-refractivity contribution is 5.91. The average molecular weight is 227 g/mol. The molecule has 0 unspecified atom stereocenters. The molecular formula is C11H18FN3O. The van der Waals surface area contributed by atoms with Gasteiger partial charge in [-0.05, 0) is 13.3 Å². The quantitative estimate of drug-likeness (QED) is 0.691. The topological polar surface area (TPSA) is 49.6 Å². The molecule has 2 aliphatic rings. The van der Waals surface area contributed by atoms with Gasteiger partial charge in [-0.25, -0.2) is 4.39 Å². The lowest BCUT2D eigenvalue weighted by Gasteiger charge is -2.48. The molecule has 2 N–H and O–H groups in total. The van der Waals surface area contributed by atoms with Crippen molar-refractivity contribution in [2.75, 3.05) is 26.2 Å². The van der Waals surface area contributed by atoms with Gasteiger partial charge in [0.2, 0.25) is 0 Å². The van der Waals surface area contributed by atoms with Crippen molar-refractivity contribution in [3.8, 4) is 0 Å². The third kappa shape index (κ3) is 1.85. The lowest BCUT2D eigenvalue weighted by Crippen LogP contribution is -2.60. The first-order chi connectivity index (χ1) is 7.43. The molecule has 2 rings (SSSR count). The number of rotatable bonds is 2. The number of likely N-dealkylation sites (tertiary alicyclic amines) is 2. The fraction of sp³-hybridized carbons (Fsp3) is 0.727. The summed E-state index contributed by atoms with van der Waals surface area (Å²) in [7, 11) is 0. The number of carbonyl (C=O) groups excluding carboxylic acids is 1. The molecule has 0 aromatic rings. The summed E-state index contributed by atoms with van der Waals surface area (Å²) < 4.78 is 12.6. The van der Waals surface area contributed by atoms with E-state index >= 15 is 0 Å². The molecule has 2 saturated heterocycles. The maximum absolute atomic E-state index is 12.6. The van der Waals surface area contributed by atoms with Crippen LogP contribution in [-0.4, -0.2) is 48.1 Å². The highest BCUT2D eigenvalue weighted by Crippen LogP contribution is 2.40. The van der Waals surface area contributed by atoms with Gasteiger partial charge in [-0.15, -0.1) is 0 Å². The number of nitrogens with zero attached hydrogens (tertiary/aromatic N) is 2. The number of nitrogens with two attached hydrogens (primary N) is 1. The van der Waals surface area contributed by atoms with Crippen LogP contribution in [0.1, 0.15) is 13.3 Å². The summed E-state index contributed by atoms with van der Waals surface area (Å²) >= 11 is 0. The number of hydrogen-bond acceptors (Lipinski definition) is 3. The van der Waals surface area contributed by atoms with Crippen molar-refractivity contribution in [3.05, 3.63) is 12.4 Å². The molecule has 0 aromatic heterocycles. The zero-order chi connectivity index (χ0) is 11.9. The lowest BCUT2D eigenvalue weighted by atomic mass is 9.79. The van der Waals surface area contributed by atoms with Gasteiger partial charge in [0.1, 0.15) is 0 Å². The van der Waals surface area contributed by atoms with Gasteiger partial charge in [0.05, 0.1) is 6.17 Å². The molecular weight excluding hydrogens is 209 g/mol. The SMILES string of the molecule is C=C(F)C(=O)N1CC2(CCN([C@H](C)N)C2)C1. The Hall–Kier alpha value is -0.940. The van der Waals surface area contributed by atoms with E-state index < -0.39 is 11.7 Å². The Balaban J connectivity index is 1.88. The van der Waals surface area contributed by atoms with E-state index in [1.54, 1.807) is 0 Å². The Morgan fingerprint density at radius 1 is 1.50 bits per heavy atom. The van der Waals surface area contributed by atoms with Gasteiger partial charge in [-0.2, -0.15) is 0 Å². The molecule has 0 aliphatic carbocycles. The summed E-state index contributed by atoms with van der Waals surface area (Å²) in [4.78, 5) is 15.0. The van der Waals surface area contributed by atoms with Crippen molar-refractivity contribution in [1.82, 2.24) is 9.80 Å². The summed E-state index contributed by atoms with van der Waals surface area (Å²) in [6, 6.07) is 0. The second kappa shape index (κ2) is 3.82. The van der Waals surface area contributed by atoms with E-state index in [0.29, 0.717) is 13.1 Å². The van der Waals surface area contributed by atoms with Crippen molar-refractivity contribution in [2.45, 2.75) is 19.5 Å². The number of amides is 1. The molecule has 2 fully saturated rings. The van der Waals surface area contributed by atoms with Crippen LogP contribution in [0, 0.1) is 5.41 Å². The van der Waals surface area contributed by atoms with Crippen molar-refractivity contribution in [3.63, 3.8) is 0 Å². The third-order valence-electron chi connectivity index (χ3n) is 3.62. The van der Waals surface area contributed by atoms with E-state index in [2.05, 4.69) is 11.5 Å². The molecule has 2 aliphatic heterocycles. The van der Waals surface area contributed by atoms with Crippen LogP contribution in [0.3, 0.4) is 0 Å².